The summed E-state index contributed by atoms with van der Waals surface area (Å²) in [6, 6.07) is 13.7. The van der Waals surface area contributed by atoms with E-state index in [-0.39, 0.29) is 17.0 Å². The Morgan fingerprint density at radius 2 is 1.81 bits per heavy atom. The Kier molecular flexibility index (Phi) is 5.80. The van der Waals surface area contributed by atoms with E-state index in [0.29, 0.717) is 39.1 Å². The Morgan fingerprint density at radius 3 is 2.53 bits per heavy atom. The van der Waals surface area contributed by atoms with Gasteiger partial charge in [0.15, 0.2) is 5.43 Å². The highest BCUT2D eigenvalue weighted by Crippen LogP contribution is 2.33. The van der Waals surface area contributed by atoms with Gasteiger partial charge in [0.1, 0.15) is 23.0 Å². The van der Waals surface area contributed by atoms with Gasteiger partial charge in [-0.25, -0.2) is 8.78 Å². The summed E-state index contributed by atoms with van der Waals surface area (Å²) in [4.78, 5) is 13.2. The van der Waals surface area contributed by atoms with Crippen LogP contribution in [0.2, 0.25) is 0 Å². The monoisotopic (exact) mass is 435 g/mol. The van der Waals surface area contributed by atoms with Gasteiger partial charge >= 0.3 is 0 Å². The Bertz CT molecular complexity index is 1380. The van der Waals surface area contributed by atoms with Crippen molar-refractivity contribution in [3.63, 3.8) is 0 Å². The Morgan fingerprint density at radius 1 is 1.06 bits per heavy atom. The van der Waals surface area contributed by atoms with Crippen LogP contribution in [0.5, 0.6) is 0 Å². The number of nitrogens with one attached hydrogen (secondary N) is 1. The van der Waals surface area contributed by atoms with Crippen molar-refractivity contribution < 1.29 is 18.3 Å². The Hall–Kier alpha value is -3.51. The second-order valence-corrected chi connectivity index (χ2v) is 7.92. The van der Waals surface area contributed by atoms with Gasteiger partial charge in [-0.2, -0.15) is 0 Å². The number of aryl methyl sites for hydroxylation is 1. The molecule has 0 amide bonds. The Labute approximate surface area is 184 Å². The number of halogens is 2. The number of hydrogen-bond acceptors (Lipinski definition) is 4. The third-order valence-corrected chi connectivity index (χ3v) is 5.59. The Balaban J connectivity index is 1.90. The molecule has 0 aliphatic heterocycles. The summed E-state index contributed by atoms with van der Waals surface area (Å²) in [6.07, 6.45) is 0. The van der Waals surface area contributed by atoms with Crippen molar-refractivity contribution in [2.75, 3.05) is 5.32 Å². The molecule has 0 aliphatic rings. The molecule has 6 heteroatoms. The van der Waals surface area contributed by atoms with E-state index in [9.17, 15) is 18.7 Å². The van der Waals surface area contributed by atoms with Crippen LogP contribution in [0.25, 0.3) is 22.3 Å². The van der Waals surface area contributed by atoms with Crippen molar-refractivity contribution in [3.05, 3.63) is 98.7 Å². The summed E-state index contributed by atoms with van der Waals surface area (Å²) in [5, 5.41) is 13.2. The lowest BCUT2D eigenvalue weighted by Crippen LogP contribution is -2.13. The van der Waals surface area contributed by atoms with Crippen LogP contribution < -0.4 is 10.7 Å². The van der Waals surface area contributed by atoms with Gasteiger partial charge in [-0.05, 0) is 56.7 Å². The molecular weight excluding hydrogens is 412 g/mol. The van der Waals surface area contributed by atoms with Crippen molar-refractivity contribution >= 4 is 16.7 Å². The number of hydrogen-bond donors (Lipinski definition) is 2. The van der Waals surface area contributed by atoms with Crippen LogP contribution in [-0.2, 0) is 6.61 Å². The zero-order valence-electron chi connectivity index (χ0n) is 18.0. The highest BCUT2D eigenvalue weighted by atomic mass is 19.1. The standard InChI is InChI=1S/C26H23F2NO3/c1-14-10-19(16(3)29-23-9-5-8-22(28)21(23)13-30)26-20(11-14)24(31)15(2)25(32-26)17-6-4-7-18(27)12-17/h4-12,16,29-30H,13H2,1-3H3. The lowest BCUT2D eigenvalue weighted by atomic mass is 9.98. The van der Waals surface area contributed by atoms with Crippen LogP contribution in [-0.4, -0.2) is 5.11 Å². The van der Waals surface area contributed by atoms with Gasteiger partial charge in [0.25, 0.3) is 0 Å². The van der Waals surface area contributed by atoms with Crippen LogP contribution in [0.1, 0.15) is 35.2 Å². The van der Waals surface area contributed by atoms with Crippen molar-refractivity contribution in [1.82, 2.24) is 0 Å². The molecule has 1 unspecified atom stereocenters. The molecular formula is C26H23F2NO3. The molecule has 0 aliphatic carbocycles. The highest BCUT2D eigenvalue weighted by molar-refractivity contribution is 5.84. The summed E-state index contributed by atoms with van der Waals surface area (Å²) < 4.78 is 34.1. The second kappa shape index (κ2) is 8.55. The predicted molar refractivity (Wildman–Crippen MR) is 122 cm³/mol. The molecule has 3 aromatic carbocycles. The summed E-state index contributed by atoms with van der Waals surface area (Å²) in [6.45, 7) is 4.96. The van der Waals surface area contributed by atoms with Crippen LogP contribution in [0.3, 0.4) is 0 Å². The molecule has 0 saturated carbocycles. The molecule has 1 heterocycles. The van der Waals surface area contributed by atoms with Gasteiger partial charge in [-0.1, -0.05) is 24.3 Å². The molecule has 0 saturated heterocycles. The van der Waals surface area contributed by atoms with E-state index in [2.05, 4.69) is 5.32 Å². The number of fused-ring (bicyclic) bond motifs is 1. The lowest BCUT2D eigenvalue weighted by molar-refractivity contribution is 0.276. The number of anilines is 1. The molecule has 0 bridgehead atoms. The fraction of sp³-hybridized carbons (Fsp3) is 0.192. The maximum atomic E-state index is 14.1. The SMILES string of the molecule is Cc1cc(C(C)Nc2cccc(F)c2CO)c2oc(-c3cccc(F)c3)c(C)c(=O)c2c1. The fourth-order valence-corrected chi connectivity index (χ4v) is 3.96. The topological polar surface area (TPSA) is 62.5 Å². The zero-order valence-corrected chi connectivity index (χ0v) is 18.0. The quantitative estimate of drug-likeness (QED) is 0.402. The molecule has 0 spiro atoms. The number of aliphatic hydroxyl groups excluding tert-OH is 1. The van der Waals surface area contributed by atoms with E-state index in [4.69, 9.17) is 4.42 Å². The largest absolute Gasteiger partial charge is 0.455 e. The summed E-state index contributed by atoms with van der Waals surface area (Å²) in [5.74, 6) is -0.623. The van der Waals surface area contributed by atoms with Crippen LogP contribution in [0.4, 0.5) is 14.5 Å². The van der Waals surface area contributed by atoms with E-state index in [0.717, 1.165) is 5.56 Å². The first-order valence-electron chi connectivity index (χ1n) is 10.3. The summed E-state index contributed by atoms with van der Waals surface area (Å²) in [5.41, 5.74) is 3.24. The van der Waals surface area contributed by atoms with Crippen molar-refractivity contribution in [2.45, 2.75) is 33.4 Å². The van der Waals surface area contributed by atoms with Gasteiger partial charge in [0, 0.05) is 27.9 Å². The number of benzene rings is 3. The van der Waals surface area contributed by atoms with E-state index >= 15 is 0 Å². The maximum Gasteiger partial charge on any atom is 0.196 e. The molecule has 4 aromatic rings. The predicted octanol–water partition coefficient (Wildman–Crippen LogP) is 6.02. The number of rotatable bonds is 5. The molecule has 4 nitrogen and oxygen atoms in total. The second-order valence-electron chi connectivity index (χ2n) is 7.92. The molecule has 1 aromatic heterocycles. The molecule has 4 rings (SSSR count). The number of aliphatic hydroxyl groups is 1. The summed E-state index contributed by atoms with van der Waals surface area (Å²) >= 11 is 0. The molecule has 164 valence electrons. The van der Waals surface area contributed by atoms with Gasteiger partial charge in [0.2, 0.25) is 0 Å². The van der Waals surface area contributed by atoms with Gasteiger partial charge < -0.3 is 14.8 Å². The average Bonchev–Trinajstić information content (AvgIpc) is 2.76. The smallest absolute Gasteiger partial charge is 0.196 e. The van der Waals surface area contributed by atoms with Crippen LogP contribution in [0.15, 0.2) is 63.8 Å². The maximum absolute atomic E-state index is 14.1. The van der Waals surface area contributed by atoms with E-state index in [1.807, 2.05) is 19.9 Å². The molecule has 32 heavy (non-hydrogen) atoms. The van der Waals surface area contributed by atoms with E-state index < -0.39 is 18.2 Å². The molecule has 1 atom stereocenters. The van der Waals surface area contributed by atoms with Crippen LogP contribution >= 0.6 is 0 Å². The van der Waals surface area contributed by atoms with Gasteiger partial charge in [-0.3, -0.25) is 4.79 Å². The third-order valence-electron chi connectivity index (χ3n) is 5.59. The lowest BCUT2D eigenvalue weighted by Gasteiger charge is -2.20. The highest BCUT2D eigenvalue weighted by Gasteiger charge is 2.20. The first-order valence-corrected chi connectivity index (χ1v) is 10.3. The molecule has 0 radical (unpaired) electrons. The normalized spacial score (nSPS) is 12.2. The third kappa shape index (κ3) is 3.89. The van der Waals surface area contributed by atoms with Crippen molar-refractivity contribution in [3.8, 4) is 11.3 Å². The first-order chi connectivity index (χ1) is 15.3. The average molecular weight is 435 g/mol. The fourth-order valence-electron chi connectivity index (χ4n) is 3.96. The molecule has 2 N–H and O–H groups in total. The minimum atomic E-state index is -0.505. The van der Waals surface area contributed by atoms with Crippen molar-refractivity contribution in [1.29, 1.82) is 0 Å². The minimum absolute atomic E-state index is 0.161. The first kappa shape index (κ1) is 21.7. The van der Waals surface area contributed by atoms with Gasteiger partial charge in [-0.15, -0.1) is 0 Å². The van der Waals surface area contributed by atoms with E-state index in [1.165, 1.54) is 18.2 Å². The zero-order chi connectivity index (χ0) is 23.0. The summed E-state index contributed by atoms with van der Waals surface area (Å²) in [7, 11) is 0. The van der Waals surface area contributed by atoms with Crippen molar-refractivity contribution in [2.24, 2.45) is 0 Å². The molecule has 0 fully saturated rings. The van der Waals surface area contributed by atoms with E-state index in [1.54, 1.807) is 37.3 Å². The minimum Gasteiger partial charge on any atom is -0.455 e. The van der Waals surface area contributed by atoms with Crippen LogP contribution in [0, 0.1) is 25.5 Å². The van der Waals surface area contributed by atoms with Gasteiger partial charge in [0.05, 0.1) is 18.0 Å².